The van der Waals surface area contributed by atoms with Crippen LogP contribution in [0.25, 0.3) is 0 Å². The molecular weight excluding hydrogens is 336 g/mol. The Balaban J connectivity index is 1.43. The van der Waals surface area contributed by atoms with E-state index in [0.717, 1.165) is 43.7 Å². The summed E-state index contributed by atoms with van der Waals surface area (Å²) in [4.78, 5) is 12.0. The molecule has 5 nitrogen and oxygen atoms in total. The molecule has 1 aromatic carbocycles. The zero-order valence-electron chi connectivity index (χ0n) is 14.5. The van der Waals surface area contributed by atoms with Crippen LogP contribution in [0, 0.1) is 5.92 Å². The quantitative estimate of drug-likeness (QED) is 0.757. The van der Waals surface area contributed by atoms with Crippen molar-refractivity contribution in [3.63, 3.8) is 0 Å². The lowest BCUT2D eigenvalue weighted by Gasteiger charge is -2.14. The second kappa shape index (κ2) is 9.15. The normalized spacial score (nSPS) is 20.4. The van der Waals surface area contributed by atoms with E-state index in [1.807, 2.05) is 24.3 Å². The SMILES string of the molecule is O=C(CC1CCCC1)NC(=S)Nc1cccc(OCC2CCCO2)c1. The molecule has 0 radical (unpaired) electrons. The molecule has 1 unspecified atom stereocenters. The second-order valence-electron chi connectivity index (χ2n) is 6.83. The first-order valence-electron chi connectivity index (χ1n) is 9.14. The monoisotopic (exact) mass is 362 g/mol. The second-order valence-corrected chi connectivity index (χ2v) is 7.24. The first-order chi connectivity index (χ1) is 12.2. The Kier molecular flexibility index (Phi) is 6.64. The molecule has 0 bridgehead atoms. The van der Waals surface area contributed by atoms with Gasteiger partial charge >= 0.3 is 0 Å². The van der Waals surface area contributed by atoms with Crippen molar-refractivity contribution < 1.29 is 14.3 Å². The molecule has 136 valence electrons. The molecule has 1 aliphatic carbocycles. The number of hydrogen-bond donors (Lipinski definition) is 2. The number of amides is 1. The van der Waals surface area contributed by atoms with E-state index in [4.69, 9.17) is 21.7 Å². The minimum absolute atomic E-state index is 0.00446. The zero-order chi connectivity index (χ0) is 17.5. The highest BCUT2D eigenvalue weighted by atomic mass is 32.1. The molecule has 2 aliphatic rings. The molecule has 25 heavy (non-hydrogen) atoms. The van der Waals surface area contributed by atoms with Crippen LogP contribution in [0.2, 0.25) is 0 Å². The van der Waals surface area contributed by atoms with E-state index < -0.39 is 0 Å². The maximum absolute atomic E-state index is 12.0. The number of carbonyl (C=O) groups excluding carboxylic acids is 1. The lowest BCUT2D eigenvalue weighted by atomic mass is 10.0. The first kappa shape index (κ1) is 18.1. The van der Waals surface area contributed by atoms with Crippen molar-refractivity contribution in [1.29, 1.82) is 0 Å². The van der Waals surface area contributed by atoms with Gasteiger partial charge in [-0.05, 0) is 56.0 Å². The highest BCUT2D eigenvalue weighted by Crippen LogP contribution is 2.27. The van der Waals surface area contributed by atoms with Crippen molar-refractivity contribution >= 4 is 28.9 Å². The summed E-state index contributed by atoms with van der Waals surface area (Å²) in [5.74, 6) is 1.27. The molecular formula is C19H26N2O3S. The molecule has 2 fully saturated rings. The van der Waals surface area contributed by atoms with Crippen molar-refractivity contribution in [2.75, 3.05) is 18.5 Å². The van der Waals surface area contributed by atoms with Crippen LogP contribution in [0.3, 0.4) is 0 Å². The van der Waals surface area contributed by atoms with Gasteiger partial charge in [0, 0.05) is 24.8 Å². The Morgan fingerprint density at radius 1 is 1.24 bits per heavy atom. The molecule has 1 atom stereocenters. The molecule has 0 spiro atoms. The Morgan fingerprint density at radius 2 is 2.08 bits per heavy atom. The smallest absolute Gasteiger partial charge is 0.226 e. The van der Waals surface area contributed by atoms with Gasteiger partial charge in [-0.1, -0.05) is 18.9 Å². The predicted octanol–water partition coefficient (Wildman–Crippen LogP) is 3.64. The third-order valence-corrected chi connectivity index (χ3v) is 4.96. The first-order valence-corrected chi connectivity index (χ1v) is 9.55. The van der Waals surface area contributed by atoms with E-state index in [0.29, 0.717) is 24.1 Å². The Morgan fingerprint density at radius 3 is 2.84 bits per heavy atom. The highest BCUT2D eigenvalue weighted by molar-refractivity contribution is 7.80. The van der Waals surface area contributed by atoms with Crippen molar-refractivity contribution in [2.24, 2.45) is 5.92 Å². The van der Waals surface area contributed by atoms with Gasteiger partial charge in [-0.25, -0.2) is 0 Å². The molecule has 1 aromatic rings. The third kappa shape index (κ3) is 5.97. The van der Waals surface area contributed by atoms with Crippen LogP contribution in [0.1, 0.15) is 44.9 Å². The number of hydrogen-bond acceptors (Lipinski definition) is 4. The molecule has 1 aliphatic heterocycles. The van der Waals surface area contributed by atoms with E-state index in [-0.39, 0.29) is 12.0 Å². The molecule has 2 N–H and O–H groups in total. The predicted molar refractivity (Wildman–Crippen MR) is 102 cm³/mol. The van der Waals surface area contributed by atoms with Crippen LogP contribution in [-0.2, 0) is 9.53 Å². The van der Waals surface area contributed by atoms with E-state index >= 15 is 0 Å². The van der Waals surface area contributed by atoms with Gasteiger partial charge in [0.15, 0.2) is 5.11 Å². The number of carbonyl (C=O) groups is 1. The zero-order valence-corrected chi connectivity index (χ0v) is 15.3. The average molecular weight is 362 g/mol. The van der Waals surface area contributed by atoms with Gasteiger partial charge < -0.3 is 20.1 Å². The molecule has 3 rings (SSSR count). The Bertz CT molecular complexity index is 596. The van der Waals surface area contributed by atoms with Crippen molar-refractivity contribution in [3.8, 4) is 5.75 Å². The number of thiocarbonyl (C=S) groups is 1. The molecule has 1 amide bonds. The molecule has 6 heteroatoms. The highest BCUT2D eigenvalue weighted by Gasteiger charge is 2.19. The number of nitrogens with one attached hydrogen (secondary N) is 2. The summed E-state index contributed by atoms with van der Waals surface area (Å²) >= 11 is 5.24. The topological polar surface area (TPSA) is 59.6 Å². The Labute approximate surface area is 154 Å². The standard InChI is InChI=1S/C19H26N2O3S/c22-18(11-14-5-1-2-6-14)21-19(25)20-15-7-3-8-16(12-15)24-13-17-9-4-10-23-17/h3,7-8,12,14,17H,1-2,4-6,9-11,13H2,(H2,20,21,22,25). The number of rotatable bonds is 6. The summed E-state index contributed by atoms with van der Waals surface area (Å²) in [6, 6.07) is 7.58. The van der Waals surface area contributed by atoms with Gasteiger partial charge in [0.05, 0.1) is 6.10 Å². The summed E-state index contributed by atoms with van der Waals surface area (Å²) in [6.07, 6.45) is 7.67. The maximum atomic E-state index is 12.0. The number of benzene rings is 1. The van der Waals surface area contributed by atoms with Gasteiger partial charge in [-0.3, -0.25) is 4.79 Å². The lowest BCUT2D eigenvalue weighted by Crippen LogP contribution is -2.34. The summed E-state index contributed by atoms with van der Waals surface area (Å²) in [7, 11) is 0. The number of anilines is 1. The molecule has 1 saturated carbocycles. The van der Waals surface area contributed by atoms with E-state index in [1.165, 1.54) is 12.8 Å². The van der Waals surface area contributed by atoms with Crippen LogP contribution < -0.4 is 15.4 Å². The van der Waals surface area contributed by atoms with Crippen LogP contribution in [0.15, 0.2) is 24.3 Å². The fourth-order valence-corrected chi connectivity index (χ4v) is 3.68. The van der Waals surface area contributed by atoms with E-state index in [2.05, 4.69) is 10.6 Å². The van der Waals surface area contributed by atoms with Gasteiger partial charge in [0.2, 0.25) is 5.91 Å². The molecule has 1 heterocycles. The summed E-state index contributed by atoms with van der Waals surface area (Å²) in [5.41, 5.74) is 0.802. The molecule has 0 aromatic heterocycles. The van der Waals surface area contributed by atoms with Crippen LogP contribution in [-0.4, -0.2) is 30.3 Å². The van der Waals surface area contributed by atoms with Gasteiger partial charge in [-0.15, -0.1) is 0 Å². The molecule has 1 saturated heterocycles. The number of ether oxygens (including phenoxy) is 2. The lowest BCUT2D eigenvalue weighted by molar-refractivity contribution is -0.120. The largest absolute Gasteiger partial charge is 0.491 e. The summed E-state index contributed by atoms with van der Waals surface area (Å²) in [6.45, 7) is 1.39. The van der Waals surface area contributed by atoms with Crippen molar-refractivity contribution in [2.45, 2.75) is 51.0 Å². The minimum atomic E-state index is -0.00446. The van der Waals surface area contributed by atoms with Crippen molar-refractivity contribution in [3.05, 3.63) is 24.3 Å². The fraction of sp³-hybridized carbons (Fsp3) is 0.579. The Hall–Kier alpha value is -1.66. The summed E-state index contributed by atoms with van der Waals surface area (Å²) in [5, 5.41) is 6.16. The third-order valence-electron chi connectivity index (χ3n) is 4.75. The van der Waals surface area contributed by atoms with Gasteiger partial charge in [-0.2, -0.15) is 0 Å². The van der Waals surface area contributed by atoms with E-state index in [1.54, 1.807) is 0 Å². The summed E-state index contributed by atoms with van der Waals surface area (Å²) < 4.78 is 11.3. The van der Waals surface area contributed by atoms with E-state index in [9.17, 15) is 4.79 Å². The van der Waals surface area contributed by atoms with Crippen LogP contribution in [0.4, 0.5) is 5.69 Å². The van der Waals surface area contributed by atoms with Gasteiger partial charge in [0.1, 0.15) is 12.4 Å². The van der Waals surface area contributed by atoms with Crippen molar-refractivity contribution in [1.82, 2.24) is 5.32 Å². The maximum Gasteiger partial charge on any atom is 0.226 e. The van der Waals surface area contributed by atoms with Crippen LogP contribution >= 0.6 is 12.2 Å². The average Bonchev–Trinajstić information content (AvgIpc) is 3.26. The fourth-order valence-electron chi connectivity index (χ4n) is 3.45. The van der Waals surface area contributed by atoms with Crippen LogP contribution in [0.5, 0.6) is 5.75 Å². The van der Waals surface area contributed by atoms with Gasteiger partial charge in [0.25, 0.3) is 0 Å². The minimum Gasteiger partial charge on any atom is -0.491 e.